The Morgan fingerprint density at radius 2 is 2.27 bits per heavy atom. The molecule has 0 saturated heterocycles. The van der Waals surface area contributed by atoms with Crippen LogP contribution in [-0.4, -0.2) is 27.8 Å². The standard InChI is InChI=1S/C8H13N3O4/c1-3-6(4-5(2)11(14)15)7(10-13)8(9)12/h4-5,13H,3H2,1-2H3,(H2,9,12)/b6-4+,10-7+. The van der Waals surface area contributed by atoms with Crippen LogP contribution >= 0.6 is 0 Å². The van der Waals surface area contributed by atoms with E-state index in [9.17, 15) is 14.9 Å². The lowest BCUT2D eigenvalue weighted by molar-refractivity contribution is -0.504. The molecule has 0 aromatic rings. The molecule has 0 saturated carbocycles. The Morgan fingerprint density at radius 1 is 1.73 bits per heavy atom. The highest BCUT2D eigenvalue weighted by Crippen LogP contribution is 2.07. The van der Waals surface area contributed by atoms with E-state index in [0.29, 0.717) is 6.42 Å². The largest absolute Gasteiger partial charge is 0.410 e. The first-order chi connectivity index (χ1) is 6.93. The zero-order valence-corrected chi connectivity index (χ0v) is 8.51. The number of nitrogens with zero attached hydrogens (tertiary/aromatic N) is 2. The van der Waals surface area contributed by atoms with E-state index >= 15 is 0 Å². The van der Waals surface area contributed by atoms with Crippen LogP contribution in [0.1, 0.15) is 20.3 Å². The molecule has 1 atom stereocenters. The molecule has 7 heteroatoms. The van der Waals surface area contributed by atoms with Crippen LogP contribution in [0.3, 0.4) is 0 Å². The lowest BCUT2D eigenvalue weighted by atomic mass is 10.1. The average molecular weight is 215 g/mol. The summed E-state index contributed by atoms with van der Waals surface area (Å²) in [5, 5.41) is 21.6. The molecular formula is C8H13N3O4. The molecule has 0 heterocycles. The Labute approximate surface area is 86.4 Å². The number of nitrogens with two attached hydrogens (primary N) is 1. The third-order valence-electron chi connectivity index (χ3n) is 1.79. The van der Waals surface area contributed by atoms with Gasteiger partial charge < -0.3 is 10.9 Å². The van der Waals surface area contributed by atoms with Crippen molar-refractivity contribution >= 4 is 11.6 Å². The summed E-state index contributed by atoms with van der Waals surface area (Å²) in [5.74, 6) is -0.916. The van der Waals surface area contributed by atoms with Crippen LogP contribution in [0.2, 0.25) is 0 Å². The van der Waals surface area contributed by atoms with Crippen molar-refractivity contribution in [1.29, 1.82) is 0 Å². The molecular weight excluding hydrogens is 202 g/mol. The zero-order valence-electron chi connectivity index (χ0n) is 8.51. The van der Waals surface area contributed by atoms with Gasteiger partial charge in [0.05, 0.1) is 0 Å². The maximum absolute atomic E-state index is 10.8. The van der Waals surface area contributed by atoms with Crippen LogP contribution in [0.15, 0.2) is 16.8 Å². The molecule has 0 rings (SSSR count). The summed E-state index contributed by atoms with van der Waals surface area (Å²) in [7, 11) is 0. The quantitative estimate of drug-likeness (QED) is 0.296. The lowest BCUT2D eigenvalue weighted by Crippen LogP contribution is -2.26. The van der Waals surface area contributed by atoms with Crippen molar-refractivity contribution in [3.05, 3.63) is 21.8 Å². The van der Waals surface area contributed by atoms with E-state index in [0.717, 1.165) is 0 Å². The minimum absolute atomic E-state index is 0.259. The molecule has 84 valence electrons. The lowest BCUT2D eigenvalue weighted by Gasteiger charge is -2.04. The highest BCUT2D eigenvalue weighted by atomic mass is 16.6. The van der Waals surface area contributed by atoms with Crippen LogP contribution in [0.5, 0.6) is 0 Å². The SMILES string of the molecule is CCC(=C\C(C)[N+](=O)[O-])/C(=N\O)C(N)=O. The fourth-order valence-corrected chi connectivity index (χ4v) is 0.988. The normalized spacial score (nSPS) is 14.8. The number of primary amides is 1. The number of carbonyl (C=O) groups excluding carboxylic acids is 1. The predicted octanol–water partition coefficient (Wildman–Crippen LogP) is 0.304. The molecule has 0 aromatic heterocycles. The van der Waals surface area contributed by atoms with Gasteiger partial charge in [-0.05, 0) is 18.1 Å². The van der Waals surface area contributed by atoms with E-state index in [-0.39, 0.29) is 11.3 Å². The first-order valence-electron chi connectivity index (χ1n) is 4.30. The molecule has 0 aromatic carbocycles. The predicted molar refractivity (Wildman–Crippen MR) is 53.2 cm³/mol. The second-order valence-electron chi connectivity index (χ2n) is 2.88. The van der Waals surface area contributed by atoms with Gasteiger partial charge in [-0.3, -0.25) is 14.9 Å². The van der Waals surface area contributed by atoms with Gasteiger partial charge in [0, 0.05) is 11.8 Å². The highest BCUT2D eigenvalue weighted by molar-refractivity contribution is 6.44. The Bertz CT molecular complexity index is 322. The van der Waals surface area contributed by atoms with Crippen molar-refractivity contribution in [3.8, 4) is 0 Å². The fraction of sp³-hybridized carbons (Fsp3) is 0.500. The molecule has 3 N–H and O–H groups in total. The second kappa shape index (κ2) is 5.74. The summed E-state index contributed by atoms with van der Waals surface area (Å²) in [4.78, 5) is 20.7. The molecule has 15 heavy (non-hydrogen) atoms. The Balaban J connectivity index is 5.06. The third kappa shape index (κ3) is 3.75. The van der Waals surface area contributed by atoms with Crippen LogP contribution in [-0.2, 0) is 4.79 Å². The second-order valence-corrected chi connectivity index (χ2v) is 2.88. The van der Waals surface area contributed by atoms with Gasteiger partial charge >= 0.3 is 0 Å². The van der Waals surface area contributed by atoms with Crippen molar-refractivity contribution in [2.75, 3.05) is 0 Å². The van der Waals surface area contributed by atoms with Crippen molar-refractivity contribution in [2.24, 2.45) is 10.9 Å². The number of hydrogen-bond donors (Lipinski definition) is 2. The summed E-state index contributed by atoms with van der Waals surface area (Å²) in [6.45, 7) is 3.03. The molecule has 0 aliphatic rings. The number of hydrogen-bond acceptors (Lipinski definition) is 5. The summed E-state index contributed by atoms with van der Waals surface area (Å²) in [6.07, 6.45) is 1.56. The first-order valence-corrected chi connectivity index (χ1v) is 4.30. The number of carbonyl (C=O) groups is 1. The molecule has 0 spiro atoms. The van der Waals surface area contributed by atoms with Crippen molar-refractivity contribution < 1.29 is 14.9 Å². The molecule has 7 nitrogen and oxygen atoms in total. The minimum atomic E-state index is -0.962. The average Bonchev–Trinajstić information content (AvgIpc) is 2.16. The topological polar surface area (TPSA) is 119 Å². The number of oxime groups is 1. The summed E-state index contributed by atoms with van der Waals surface area (Å²) in [6, 6.07) is -0.962. The first kappa shape index (κ1) is 13.1. The summed E-state index contributed by atoms with van der Waals surface area (Å²) in [5.41, 5.74) is 4.85. The van der Waals surface area contributed by atoms with E-state index in [2.05, 4.69) is 5.16 Å². The van der Waals surface area contributed by atoms with Crippen LogP contribution < -0.4 is 5.73 Å². The monoisotopic (exact) mass is 215 g/mol. The Hall–Kier alpha value is -1.92. The van der Waals surface area contributed by atoms with Crippen LogP contribution in [0.25, 0.3) is 0 Å². The number of amides is 1. The van der Waals surface area contributed by atoms with Gasteiger partial charge in [-0.25, -0.2) is 0 Å². The summed E-state index contributed by atoms with van der Waals surface area (Å²) < 4.78 is 0. The molecule has 0 fully saturated rings. The summed E-state index contributed by atoms with van der Waals surface area (Å²) >= 11 is 0. The van der Waals surface area contributed by atoms with E-state index in [1.807, 2.05) is 0 Å². The Kier molecular flexibility index (Phi) is 5.00. The fourth-order valence-electron chi connectivity index (χ4n) is 0.988. The number of nitro groups is 1. The van der Waals surface area contributed by atoms with Crippen LogP contribution in [0.4, 0.5) is 0 Å². The zero-order chi connectivity index (χ0) is 12.0. The maximum Gasteiger partial charge on any atom is 0.271 e. The van der Waals surface area contributed by atoms with Crippen molar-refractivity contribution in [3.63, 3.8) is 0 Å². The Morgan fingerprint density at radius 3 is 2.53 bits per heavy atom. The van der Waals surface area contributed by atoms with Gasteiger partial charge in [-0.1, -0.05) is 12.1 Å². The van der Waals surface area contributed by atoms with Gasteiger partial charge in [0.15, 0.2) is 5.71 Å². The smallest absolute Gasteiger partial charge is 0.271 e. The van der Waals surface area contributed by atoms with Gasteiger partial charge in [-0.15, -0.1) is 0 Å². The maximum atomic E-state index is 10.8. The third-order valence-corrected chi connectivity index (χ3v) is 1.79. The number of rotatable bonds is 5. The molecule has 0 aliphatic heterocycles. The van der Waals surface area contributed by atoms with Gasteiger partial charge in [-0.2, -0.15) is 0 Å². The van der Waals surface area contributed by atoms with Crippen molar-refractivity contribution in [2.45, 2.75) is 26.3 Å². The van der Waals surface area contributed by atoms with Gasteiger partial charge in [0.25, 0.3) is 5.91 Å². The highest BCUT2D eigenvalue weighted by Gasteiger charge is 2.17. The molecule has 0 bridgehead atoms. The van der Waals surface area contributed by atoms with Crippen molar-refractivity contribution in [1.82, 2.24) is 0 Å². The molecule has 0 radical (unpaired) electrons. The van der Waals surface area contributed by atoms with E-state index < -0.39 is 16.9 Å². The molecule has 1 unspecified atom stereocenters. The minimum Gasteiger partial charge on any atom is -0.410 e. The van der Waals surface area contributed by atoms with E-state index in [4.69, 9.17) is 10.9 Å². The molecule has 1 amide bonds. The van der Waals surface area contributed by atoms with Crippen LogP contribution in [0, 0.1) is 10.1 Å². The van der Waals surface area contributed by atoms with Gasteiger partial charge in [0.1, 0.15) is 0 Å². The van der Waals surface area contributed by atoms with E-state index in [1.165, 1.54) is 13.0 Å². The molecule has 0 aliphatic carbocycles. The van der Waals surface area contributed by atoms with Gasteiger partial charge in [0.2, 0.25) is 6.04 Å². The van der Waals surface area contributed by atoms with E-state index in [1.54, 1.807) is 6.92 Å².